The summed E-state index contributed by atoms with van der Waals surface area (Å²) in [4.78, 5) is 11.5. The predicted molar refractivity (Wildman–Crippen MR) is 66.2 cm³/mol. The van der Waals surface area contributed by atoms with Gasteiger partial charge in [-0.3, -0.25) is 4.79 Å². The number of carbonyl (C=O) groups excluding carboxylic acids is 1. The van der Waals surface area contributed by atoms with Gasteiger partial charge in [-0.05, 0) is 24.7 Å². The van der Waals surface area contributed by atoms with Crippen molar-refractivity contribution < 1.29 is 4.79 Å². The fourth-order valence-corrected chi connectivity index (χ4v) is 1.18. The summed E-state index contributed by atoms with van der Waals surface area (Å²) < 4.78 is 0. The second-order valence-corrected chi connectivity index (χ2v) is 6.14. The number of alkyl halides is 1. The average Bonchev–Trinajstić information content (AvgIpc) is 2.01. The fraction of sp³-hybridized carbons (Fsp3) is 0.917. The van der Waals surface area contributed by atoms with Crippen molar-refractivity contribution in [3.8, 4) is 0 Å². The first-order chi connectivity index (χ1) is 6.73. The number of nitrogens with one attached hydrogen (secondary N) is 1. The van der Waals surface area contributed by atoms with Crippen LogP contribution in [0.3, 0.4) is 0 Å². The zero-order chi connectivity index (χ0) is 12.1. The van der Waals surface area contributed by atoms with Gasteiger partial charge in [0.15, 0.2) is 0 Å². The minimum absolute atomic E-state index is 0.130. The summed E-state index contributed by atoms with van der Waals surface area (Å²) in [6, 6.07) is 0. The van der Waals surface area contributed by atoms with Crippen molar-refractivity contribution in [2.24, 2.45) is 11.3 Å². The monoisotopic (exact) mass is 233 g/mol. The van der Waals surface area contributed by atoms with Crippen LogP contribution in [0.4, 0.5) is 0 Å². The smallest absolute Gasteiger partial charge is 0.220 e. The van der Waals surface area contributed by atoms with Gasteiger partial charge >= 0.3 is 0 Å². The Morgan fingerprint density at radius 3 is 2.27 bits per heavy atom. The summed E-state index contributed by atoms with van der Waals surface area (Å²) in [5, 5.41) is 3.02. The number of rotatable bonds is 5. The number of amides is 1. The minimum Gasteiger partial charge on any atom is -0.356 e. The molecule has 0 saturated heterocycles. The van der Waals surface area contributed by atoms with Crippen molar-refractivity contribution in [2.75, 3.05) is 6.54 Å². The first-order valence-corrected chi connectivity index (χ1v) is 6.08. The SMILES string of the molecule is CC(Cl)CCNC(=O)CC(C)C(C)(C)C. The molecule has 2 atom stereocenters. The second kappa shape index (κ2) is 6.37. The summed E-state index contributed by atoms with van der Waals surface area (Å²) in [5.41, 5.74) is 0.192. The molecule has 15 heavy (non-hydrogen) atoms. The minimum atomic E-state index is 0.130. The third kappa shape index (κ3) is 7.66. The Bertz CT molecular complexity index is 196. The molecule has 0 aliphatic rings. The molecule has 1 amide bonds. The first-order valence-electron chi connectivity index (χ1n) is 5.64. The highest BCUT2D eigenvalue weighted by atomic mass is 35.5. The largest absolute Gasteiger partial charge is 0.356 e. The van der Waals surface area contributed by atoms with Gasteiger partial charge in [-0.15, -0.1) is 11.6 Å². The molecule has 0 rings (SSSR count). The van der Waals surface area contributed by atoms with Crippen LogP contribution in [0.5, 0.6) is 0 Å². The topological polar surface area (TPSA) is 29.1 Å². The fourth-order valence-electron chi connectivity index (χ4n) is 1.07. The van der Waals surface area contributed by atoms with Crippen molar-refractivity contribution in [3.05, 3.63) is 0 Å². The zero-order valence-corrected chi connectivity index (χ0v) is 11.3. The molecular formula is C12H24ClNO. The van der Waals surface area contributed by atoms with Crippen LogP contribution in [0.15, 0.2) is 0 Å². The van der Waals surface area contributed by atoms with E-state index in [1.807, 2.05) is 6.92 Å². The van der Waals surface area contributed by atoms with Gasteiger partial charge in [-0.25, -0.2) is 0 Å². The molecule has 2 nitrogen and oxygen atoms in total. The number of hydrogen-bond acceptors (Lipinski definition) is 1. The van der Waals surface area contributed by atoms with Gasteiger partial charge < -0.3 is 5.32 Å². The average molecular weight is 234 g/mol. The molecule has 0 radical (unpaired) electrons. The van der Waals surface area contributed by atoms with E-state index >= 15 is 0 Å². The lowest BCUT2D eigenvalue weighted by Gasteiger charge is -2.26. The third-order valence-electron chi connectivity index (χ3n) is 2.83. The Hall–Kier alpha value is -0.240. The van der Waals surface area contributed by atoms with E-state index in [9.17, 15) is 4.79 Å². The lowest BCUT2D eigenvalue weighted by atomic mass is 9.80. The van der Waals surface area contributed by atoms with Crippen LogP contribution < -0.4 is 5.32 Å². The van der Waals surface area contributed by atoms with Gasteiger partial charge in [0.05, 0.1) is 0 Å². The molecule has 0 fully saturated rings. The molecule has 0 heterocycles. The normalized spacial score (nSPS) is 15.9. The van der Waals surface area contributed by atoms with Crippen LogP contribution in [0.2, 0.25) is 0 Å². The van der Waals surface area contributed by atoms with Crippen molar-refractivity contribution in [2.45, 2.75) is 52.8 Å². The summed E-state index contributed by atoms with van der Waals surface area (Å²) in [7, 11) is 0. The molecule has 0 aliphatic carbocycles. The van der Waals surface area contributed by atoms with Crippen LogP contribution in [0.1, 0.15) is 47.5 Å². The Kier molecular flexibility index (Phi) is 6.26. The van der Waals surface area contributed by atoms with Gasteiger partial charge in [0.1, 0.15) is 0 Å². The molecule has 0 aliphatic heterocycles. The molecule has 0 aromatic carbocycles. The van der Waals surface area contributed by atoms with E-state index in [-0.39, 0.29) is 16.7 Å². The molecule has 0 bridgehead atoms. The molecule has 90 valence electrons. The summed E-state index contributed by atoms with van der Waals surface area (Å²) in [5.74, 6) is 0.528. The highest BCUT2D eigenvalue weighted by Crippen LogP contribution is 2.27. The van der Waals surface area contributed by atoms with E-state index in [1.165, 1.54) is 0 Å². The molecule has 1 N–H and O–H groups in total. The van der Waals surface area contributed by atoms with Crippen LogP contribution >= 0.6 is 11.6 Å². The van der Waals surface area contributed by atoms with Crippen LogP contribution in [0, 0.1) is 11.3 Å². The van der Waals surface area contributed by atoms with E-state index in [0.717, 1.165) is 6.42 Å². The van der Waals surface area contributed by atoms with Crippen LogP contribution in [0.25, 0.3) is 0 Å². The van der Waals surface area contributed by atoms with Gasteiger partial charge in [-0.2, -0.15) is 0 Å². The molecule has 3 heteroatoms. The quantitative estimate of drug-likeness (QED) is 0.726. The Labute approximate surface area is 98.8 Å². The predicted octanol–water partition coefficient (Wildman–Crippen LogP) is 3.19. The molecule has 0 aromatic rings. The summed E-state index contributed by atoms with van der Waals surface area (Å²) >= 11 is 5.79. The first kappa shape index (κ1) is 14.8. The van der Waals surface area contributed by atoms with Crippen molar-refractivity contribution in [3.63, 3.8) is 0 Å². The standard InChI is InChI=1S/C12H24ClNO/c1-9(12(3,4)5)8-11(15)14-7-6-10(2)13/h9-10H,6-8H2,1-5H3,(H,14,15). The maximum Gasteiger partial charge on any atom is 0.220 e. The molecule has 2 unspecified atom stereocenters. The van der Waals surface area contributed by atoms with E-state index in [2.05, 4.69) is 33.0 Å². The summed E-state index contributed by atoms with van der Waals surface area (Å²) in [6.07, 6.45) is 1.43. The lowest BCUT2D eigenvalue weighted by Crippen LogP contribution is -2.30. The van der Waals surface area contributed by atoms with E-state index in [4.69, 9.17) is 11.6 Å². The molecule has 0 aromatic heterocycles. The van der Waals surface area contributed by atoms with Gasteiger partial charge in [0.25, 0.3) is 0 Å². The van der Waals surface area contributed by atoms with E-state index < -0.39 is 0 Å². The number of hydrogen-bond donors (Lipinski definition) is 1. The van der Waals surface area contributed by atoms with Gasteiger partial charge in [0, 0.05) is 18.3 Å². The number of halogens is 1. The van der Waals surface area contributed by atoms with Crippen molar-refractivity contribution >= 4 is 17.5 Å². The Morgan fingerprint density at radius 1 is 1.33 bits per heavy atom. The maximum absolute atomic E-state index is 11.5. The van der Waals surface area contributed by atoms with E-state index in [0.29, 0.717) is 18.9 Å². The molecule has 0 saturated carbocycles. The van der Waals surface area contributed by atoms with Crippen molar-refractivity contribution in [1.82, 2.24) is 5.32 Å². The maximum atomic E-state index is 11.5. The highest BCUT2D eigenvalue weighted by molar-refractivity contribution is 6.20. The molecule has 0 spiro atoms. The van der Waals surface area contributed by atoms with Crippen LogP contribution in [-0.4, -0.2) is 17.8 Å². The molecular weight excluding hydrogens is 210 g/mol. The van der Waals surface area contributed by atoms with Crippen molar-refractivity contribution in [1.29, 1.82) is 0 Å². The Morgan fingerprint density at radius 2 is 1.87 bits per heavy atom. The van der Waals surface area contributed by atoms with Gasteiger partial charge in [-0.1, -0.05) is 27.7 Å². The lowest BCUT2D eigenvalue weighted by molar-refractivity contribution is -0.122. The van der Waals surface area contributed by atoms with Crippen LogP contribution in [-0.2, 0) is 4.79 Å². The third-order valence-corrected chi connectivity index (χ3v) is 3.05. The number of carbonyl (C=O) groups is 1. The van der Waals surface area contributed by atoms with Gasteiger partial charge in [0.2, 0.25) is 5.91 Å². The van der Waals surface area contributed by atoms with E-state index in [1.54, 1.807) is 0 Å². The second-order valence-electron chi connectivity index (χ2n) is 5.39. The Balaban J connectivity index is 3.75. The zero-order valence-electron chi connectivity index (χ0n) is 10.6. The highest BCUT2D eigenvalue weighted by Gasteiger charge is 2.22. The summed E-state index contributed by atoms with van der Waals surface area (Å²) in [6.45, 7) is 11.2.